The van der Waals surface area contributed by atoms with Gasteiger partial charge in [0.2, 0.25) is 0 Å². The lowest BCUT2D eigenvalue weighted by atomic mass is 10.1. The molecule has 0 aliphatic carbocycles. The molecule has 0 bridgehead atoms. The van der Waals surface area contributed by atoms with E-state index in [1.165, 1.54) is 6.26 Å². The van der Waals surface area contributed by atoms with E-state index in [4.69, 9.17) is 8.94 Å². The number of carbonyl (C=O) groups excluding carboxylic acids is 1. The Balaban J connectivity index is 1.89. The van der Waals surface area contributed by atoms with Crippen molar-refractivity contribution in [2.75, 3.05) is 6.54 Å². The monoisotopic (exact) mass is 274 g/mol. The Morgan fingerprint density at radius 2 is 2.30 bits per heavy atom. The van der Waals surface area contributed by atoms with Gasteiger partial charge < -0.3 is 13.8 Å². The summed E-state index contributed by atoms with van der Waals surface area (Å²) in [6.07, 6.45) is 5.66. The molecule has 1 aliphatic heterocycles. The highest BCUT2D eigenvalue weighted by atomic mass is 16.5. The molecule has 1 unspecified atom stereocenters. The van der Waals surface area contributed by atoms with E-state index in [2.05, 4.69) is 5.16 Å². The van der Waals surface area contributed by atoms with Crippen LogP contribution in [0.3, 0.4) is 0 Å². The number of rotatable bonds is 2. The topological polar surface area (TPSA) is 59.5 Å². The van der Waals surface area contributed by atoms with Gasteiger partial charge >= 0.3 is 0 Å². The molecule has 3 heterocycles. The summed E-state index contributed by atoms with van der Waals surface area (Å²) in [6.45, 7) is 2.62. The average Bonchev–Trinajstić information content (AvgIpc) is 3.05. The second-order valence-electron chi connectivity index (χ2n) is 5.21. The Morgan fingerprint density at radius 3 is 3.00 bits per heavy atom. The lowest BCUT2D eigenvalue weighted by Crippen LogP contribution is -2.34. The van der Waals surface area contributed by atoms with Crippen LogP contribution >= 0.6 is 0 Å². The van der Waals surface area contributed by atoms with Gasteiger partial charge in [-0.1, -0.05) is 18.0 Å². The number of likely N-dealkylation sites (tertiary alicyclic amines) is 1. The minimum atomic E-state index is -0.0732. The molecule has 0 radical (unpaired) electrons. The van der Waals surface area contributed by atoms with Crippen molar-refractivity contribution in [3.05, 3.63) is 41.7 Å². The van der Waals surface area contributed by atoms with Crippen LogP contribution in [0.15, 0.2) is 33.4 Å². The van der Waals surface area contributed by atoms with Gasteiger partial charge in [0.05, 0.1) is 18.0 Å². The van der Waals surface area contributed by atoms with Crippen molar-refractivity contribution in [3.8, 4) is 0 Å². The number of furan rings is 1. The summed E-state index contributed by atoms with van der Waals surface area (Å²) in [5, 5.41) is 3.94. The first kappa shape index (κ1) is 13.0. The fourth-order valence-corrected chi connectivity index (χ4v) is 2.73. The van der Waals surface area contributed by atoms with Gasteiger partial charge in [-0.05, 0) is 31.9 Å². The molecule has 1 amide bonds. The van der Waals surface area contributed by atoms with Crippen LogP contribution in [0.25, 0.3) is 0 Å². The van der Waals surface area contributed by atoms with E-state index in [-0.39, 0.29) is 11.9 Å². The highest BCUT2D eigenvalue weighted by Gasteiger charge is 2.31. The second-order valence-corrected chi connectivity index (χ2v) is 5.21. The number of carbonyl (C=O) groups is 1. The van der Waals surface area contributed by atoms with Gasteiger partial charge in [-0.2, -0.15) is 0 Å². The Bertz CT molecular complexity index is 574. The van der Waals surface area contributed by atoms with Crippen molar-refractivity contribution in [2.45, 2.75) is 38.6 Å². The van der Waals surface area contributed by atoms with Crippen LogP contribution in [-0.4, -0.2) is 22.5 Å². The number of hydrogen-bond acceptors (Lipinski definition) is 4. The Hall–Kier alpha value is -2.04. The molecule has 2 aromatic heterocycles. The first-order valence-electron chi connectivity index (χ1n) is 7.03. The minimum Gasteiger partial charge on any atom is -0.459 e. The second kappa shape index (κ2) is 5.53. The van der Waals surface area contributed by atoms with Crippen LogP contribution in [0.5, 0.6) is 0 Å². The lowest BCUT2D eigenvalue weighted by Gasteiger charge is -2.27. The van der Waals surface area contributed by atoms with Crippen molar-refractivity contribution in [1.29, 1.82) is 0 Å². The molecule has 0 saturated carbocycles. The zero-order valence-electron chi connectivity index (χ0n) is 11.5. The molecule has 20 heavy (non-hydrogen) atoms. The third kappa shape index (κ3) is 2.48. The van der Waals surface area contributed by atoms with Crippen molar-refractivity contribution in [1.82, 2.24) is 10.1 Å². The molecule has 2 aromatic rings. The number of amides is 1. The summed E-state index contributed by atoms with van der Waals surface area (Å²) in [4.78, 5) is 14.4. The van der Waals surface area contributed by atoms with Crippen LogP contribution < -0.4 is 0 Å². The van der Waals surface area contributed by atoms with Gasteiger partial charge in [0.25, 0.3) is 5.91 Å². The van der Waals surface area contributed by atoms with Gasteiger partial charge in [0.1, 0.15) is 0 Å². The maximum atomic E-state index is 12.6. The zero-order valence-corrected chi connectivity index (χ0v) is 11.5. The van der Waals surface area contributed by atoms with Gasteiger partial charge in [0, 0.05) is 12.6 Å². The Morgan fingerprint density at radius 1 is 1.40 bits per heavy atom. The van der Waals surface area contributed by atoms with E-state index in [9.17, 15) is 4.79 Å². The Labute approximate surface area is 117 Å². The van der Waals surface area contributed by atoms with Gasteiger partial charge in [-0.15, -0.1) is 0 Å². The first-order chi connectivity index (χ1) is 9.75. The van der Waals surface area contributed by atoms with E-state index in [1.54, 1.807) is 12.1 Å². The molecule has 5 heteroatoms. The highest BCUT2D eigenvalue weighted by Crippen LogP contribution is 2.31. The van der Waals surface area contributed by atoms with Crippen LogP contribution in [-0.2, 0) is 0 Å². The van der Waals surface area contributed by atoms with Gasteiger partial charge in [-0.25, -0.2) is 0 Å². The zero-order chi connectivity index (χ0) is 13.9. The molecule has 1 atom stereocenters. The van der Waals surface area contributed by atoms with Gasteiger partial charge in [-0.3, -0.25) is 4.79 Å². The average molecular weight is 274 g/mol. The van der Waals surface area contributed by atoms with Crippen LogP contribution in [0, 0.1) is 6.92 Å². The maximum Gasteiger partial charge on any atom is 0.290 e. The summed E-state index contributed by atoms with van der Waals surface area (Å²) in [5.74, 6) is 1.08. The summed E-state index contributed by atoms with van der Waals surface area (Å²) in [7, 11) is 0. The van der Waals surface area contributed by atoms with Crippen molar-refractivity contribution < 1.29 is 13.7 Å². The SMILES string of the molecule is Cc1cc(C2CCCCCN2C(=O)c2ccco2)on1. The lowest BCUT2D eigenvalue weighted by molar-refractivity contribution is 0.0618. The first-order valence-corrected chi connectivity index (χ1v) is 7.03. The molecule has 0 N–H and O–H groups in total. The number of hydrogen-bond donors (Lipinski definition) is 0. The fraction of sp³-hybridized carbons (Fsp3) is 0.467. The van der Waals surface area contributed by atoms with E-state index in [0.717, 1.165) is 43.7 Å². The third-order valence-electron chi connectivity index (χ3n) is 3.72. The van der Waals surface area contributed by atoms with Gasteiger partial charge in [0.15, 0.2) is 11.5 Å². The van der Waals surface area contributed by atoms with Crippen LogP contribution in [0.2, 0.25) is 0 Å². The predicted octanol–water partition coefficient (Wildman–Crippen LogP) is 3.33. The molecule has 0 spiro atoms. The summed E-state index contributed by atoms with van der Waals surface area (Å²) < 4.78 is 10.6. The van der Waals surface area contributed by atoms with E-state index in [0.29, 0.717) is 5.76 Å². The predicted molar refractivity (Wildman–Crippen MR) is 72.2 cm³/mol. The Kier molecular flexibility index (Phi) is 3.58. The molecular formula is C15H18N2O3. The normalized spacial score (nSPS) is 19.9. The van der Waals surface area contributed by atoms with E-state index >= 15 is 0 Å². The van der Waals surface area contributed by atoms with E-state index in [1.807, 2.05) is 17.9 Å². The number of aryl methyl sites for hydroxylation is 1. The quantitative estimate of drug-likeness (QED) is 0.842. The third-order valence-corrected chi connectivity index (χ3v) is 3.72. The summed E-state index contributed by atoms with van der Waals surface area (Å²) in [6, 6.07) is 5.31. The maximum absolute atomic E-state index is 12.6. The van der Waals surface area contributed by atoms with Crippen molar-refractivity contribution in [2.24, 2.45) is 0 Å². The van der Waals surface area contributed by atoms with Crippen molar-refractivity contribution in [3.63, 3.8) is 0 Å². The standard InChI is InChI=1S/C15H18N2O3/c1-11-10-14(20-16-11)12-6-3-2-4-8-17(12)15(18)13-7-5-9-19-13/h5,7,9-10,12H,2-4,6,8H2,1H3. The molecule has 1 saturated heterocycles. The highest BCUT2D eigenvalue weighted by molar-refractivity contribution is 5.91. The molecule has 106 valence electrons. The van der Waals surface area contributed by atoms with E-state index < -0.39 is 0 Å². The number of aromatic nitrogens is 1. The summed E-state index contributed by atoms with van der Waals surface area (Å²) >= 11 is 0. The fourth-order valence-electron chi connectivity index (χ4n) is 2.73. The smallest absolute Gasteiger partial charge is 0.290 e. The minimum absolute atomic E-state index is 0.0451. The molecule has 3 rings (SSSR count). The largest absolute Gasteiger partial charge is 0.459 e. The summed E-state index contributed by atoms with van der Waals surface area (Å²) in [5.41, 5.74) is 0.842. The molecule has 0 aromatic carbocycles. The molecular weight excluding hydrogens is 256 g/mol. The molecule has 5 nitrogen and oxygen atoms in total. The van der Waals surface area contributed by atoms with Crippen molar-refractivity contribution >= 4 is 5.91 Å². The van der Waals surface area contributed by atoms with Crippen LogP contribution in [0.4, 0.5) is 0 Å². The molecule has 1 aliphatic rings. The molecule has 1 fully saturated rings. The number of nitrogens with zero attached hydrogens (tertiary/aromatic N) is 2. The van der Waals surface area contributed by atoms with Crippen LogP contribution in [0.1, 0.15) is 53.7 Å².